The van der Waals surface area contributed by atoms with Gasteiger partial charge in [0.05, 0.1) is 6.54 Å². The van der Waals surface area contributed by atoms with Crippen LogP contribution in [0.4, 0.5) is 5.69 Å². The molecule has 0 saturated carbocycles. The lowest BCUT2D eigenvalue weighted by Crippen LogP contribution is -2.37. The van der Waals surface area contributed by atoms with Crippen molar-refractivity contribution in [2.45, 2.75) is 52.0 Å². The third kappa shape index (κ3) is 6.23. The van der Waals surface area contributed by atoms with Crippen LogP contribution >= 0.6 is 0 Å². The topological polar surface area (TPSA) is 64.1 Å². The van der Waals surface area contributed by atoms with E-state index in [2.05, 4.69) is 18.7 Å². The molecule has 6 nitrogen and oxygen atoms in total. The molecule has 1 amide bonds. The minimum atomic E-state index is -0.806. The summed E-state index contributed by atoms with van der Waals surface area (Å²) in [6.07, 6.45) is 4.98. The highest BCUT2D eigenvalue weighted by Crippen LogP contribution is 2.20. The van der Waals surface area contributed by atoms with Crippen LogP contribution in [-0.4, -0.2) is 72.6 Å². The van der Waals surface area contributed by atoms with E-state index in [1.165, 1.54) is 18.5 Å². The summed E-state index contributed by atoms with van der Waals surface area (Å²) in [4.78, 5) is 30.0. The van der Waals surface area contributed by atoms with E-state index in [4.69, 9.17) is 5.11 Å². The number of amides is 1. The lowest BCUT2D eigenvalue weighted by molar-refractivity contribution is -0.138. The molecule has 1 unspecified atom stereocenters. The van der Waals surface area contributed by atoms with Crippen LogP contribution < -0.4 is 4.90 Å². The third-order valence-electron chi connectivity index (χ3n) is 5.64. The third-order valence-corrected chi connectivity index (χ3v) is 5.64. The fourth-order valence-corrected chi connectivity index (χ4v) is 3.88. The van der Waals surface area contributed by atoms with Crippen LogP contribution in [0.2, 0.25) is 0 Å². The van der Waals surface area contributed by atoms with Gasteiger partial charge < -0.3 is 14.9 Å². The second-order valence-electron chi connectivity index (χ2n) is 7.67. The highest BCUT2D eigenvalue weighted by molar-refractivity contribution is 5.94. The number of hydrogen-bond donors (Lipinski definition) is 1. The molecule has 0 aliphatic carbocycles. The van der Waals surface area contributed by atoms with E-state index in [9.17, 15) is 9.59 Å². The van der Waals surface area contributed by atoms with Gasteiger partial charge in [0, 0.05) is 43.5 Å². The molecule has 1 atom stereocenters. The van der Waals surface area contributed by atoms with Gasteiger partial charge in [-0.1, -0.05) is 13.3 Å². The molecular formula is C22H35N3O3. The average molecular weight is 390 g/mol. The van der Waals surface area contributed by atoms with Crippen molar-refractivity contribution in [3.05, 3.63) is 29.8 Å². The molecule has 1 N–H and O–H groups in total. The number of anilines is 1. The molecule has 6 heteroatoms. The highest BCUT2D eigenvalue weighted by Gasteiger charge is 2.24. The maximum atomic E-state index is 12.9. The number of aliphatic carboxylic acids is 1. The second-order valence-corrected chi connectivity index (χ2v) is 7.67. The van der Waals surface area contributed by atoms with E-state index in [1.54, 1.807) is 0 Å². The van der Waals surface area contributed by atoms with Crippen molar-refractivity contribution in [2.24, 2.45) is 0 Å². The normalized spacial score (nSPS) is 17.4. The number of unbranched alkanes of at least 4 members (excludes halogenated alkanes) is 1. The monoisotopic (exact) mass is 389 g/mol. The van der Waals surface area contributed by atoms with E-state index in [-0.39, 0.29) is 18.5 Å². The second kappa shape index (κ2) is 11.1. The molecule has 1 aromatic carbocycles. The molecule has 0 aromatic heterocycles. The largest absolute Gasteiger partial charge is 0.480 e. The summed E-state index contributed by atoms with van der Waals surface area (Å²) < 4.78 is 0. The fourth-order valence-electron chi connectivity index (χ4n) is 3.88. The number of carbonyl (C=O) groups excluding carboxylic acids is 1. The molecule has 156 valence electrons. The molecule has 0 bridgehead atoms. The first-order valence-corrected chi connectivity index (χ1v) is 10.5. The van der Waals surface area contributed by atoms with Crippen LogP contribution in [0.3, 0.4) is 0 Å². The van der Waals surface area contributed by atoms with E-state index < -0.39 is 5.97 Å². The number of rotatable bonds is 9. The van der Waals surface area contributed by atoms with E-state index in [0.717, 1.165) is 44.5 Å². The number of carbonyl (C=O) groups is 2. The molecule has 1 saturated heterocycles. The fraction of sp³-hybridized carbons (Fsp3) is 0.636. The van der Waals surface area contributed by atoms with Crippen LogP contribution in [0, 0.1) is 0 Å². The van der Waals surface area contributed by atoms with Crippen LogP contribution in [0.25, 0.3) is 0 Å². The average Bonchev–Trinajstić information content (AvgIpc) is 2.94. The predicted molar refractivity (Wildman–Crippen MR) is 113 cm³/mol. The summed E-state index contributed by atoms with van der Waals surface area (Å²) in [6, 6.07) is 8.19. The van der Waals surface area contributed by atoms with E-state index in [1.807, 2.05) is 41.1 Å². The van der Waals surface area contributed by atoms with Gasteiger partial charge in [-0.2, -0.15) is 0 Å². The first-order chi connectivity index (χ1) is 13.5. The maximum Gasteiger partial charge on any atom is 0.317 e. The van der Waals surface area contributed by atoms with Crippen LogP contribution in [0.5, 0.6) is 0 Å². The van der Waals surface area contributed by atoms with Gasteiger partial charge in [0.1, 0.15) is 0 Å². The molecular weight excluding hydrogens is 354 g/mol. The van der Waals surface area contributed by atoms with Crippen LogP contribution in [-0.2, 0) is 4.79 Å². The van der Waals surface area contributed by atoms with Crippen molar-refractivity contribution < 1.29 is 14.7 Å². The summed E-state index contributed by atoms with van der Waals surface area (Å²) in [5.74, 6) is -0.732. The summed E-state index contributed by atoms with van der Waals surface area (Å²) >= 11 is 0. The molecule has 0 radical (unpaired) electrons. The van der Waals surface area contributed by atoms with Crippen molar-refractivity contribution in [3.63, 3.8) is 0 Å². The molecule has 28 heavy (non-hydrogen) atoms. The first kappa shape index (κ1) is 22.2. The standard InChI is InChI=1S/C22H35N3O3/c1-4-6-14-24(5-2)20-11-9-18(10-12-20)22(28)25-15-7-8-19(13-16-25)23(3)17-21(26)27/h9-12,19H,4-8,13-17H2,1-3H3,(H,26,27). The molecule has 0 spiro atoms. The zero-order valence-corrected chi connectivity index (χ0v) is 17.6. The van der Waals surface area contributed by atoms with Gasteiger partial charge in [0.25, 0.3) is 5.91 Å². The van der Waals surface area contributed by atoms with Crippen molar-refractivity contribution >= 4 is 17.6 Å². The SMILES string of the molecule is CCCCN(CC)c1ccc(C(=O)N2CCCC(N(C)CC(=O)O)CC2)cc1. The smallest absolute Gasteiger partial charge is 0.317 e. The Kier molecular flexibility index (Phi) is 8.77. The number of carboxylic acids is 1. The summed E-state index contributed by atoms with van der Waals surface area (Å²) in [5, 5.41) is 8.99. The van der Waals surface area contributed by atoms with Gasteiger partial charge >= 0.3 is 5.97 Å². The number of likely N-dealkylation sites (N-methyl/N-ethyl adjacent to an activating group) is 1. The molecule has 2 rings (SSSR count). The van der Waals surface area contributed by atoms with Crippen molar-refractivity contribution in [1.82, 2.24) is 9.80 Å². The quantitative estimate of drug-likeness (QED) is 0.702. The number of benzene rings is 1. The summed E-state index contributed by atoms with van der Waals surface area (Å²) in [6.45, 7) is 7.81. The van der Waals surface area contributed by atoms with Gasteiger partial charge in [-0.15, -0.1) is 0 Å². The Labute approximate surface area is 169 Å². The Bertz CT molecular complexity index is 632. The lowest BCUT2D eigenvalue weighted by Gasteiger charge is -2.26. The van der Waals surface area contributed by atoms with Gasteiger partial charge in [-0.3, -0.25) is 14.5 Å². The van der Waals surface area contributed by atoms with Crippen LogP contribution in [0.15, 0.2) is 24.3 Å². The number of carboxylic acid groups (broad SMARTS) is 1. The maximum absolute atomic E-state index is 12.9. The number of nitrogens with zero attached hydrogens (tertiary/aromatic N) is 3. The van der Waals surface area contributed by atoms with Crippen molar-refractivity contribution in [3.8, 4) is 0 Å². The Hall–Kier alpha value is -2.08. The Morgan fingerprint density at radius 3 is 2.46 bits per heavy atom. The zero-order valence-electron chi connectivity index (χ0n) is 17.6. The molecule has 1 fully saturated rings. The number of likely N-dealkylation sites (tertiary alicyclic amines) is 1. The summed E-state index contributed by atoms with van der Waals surface area (Å²) in [7, 11) is 1.85. The minimum Gasteiger partial charge on any atom is -0.480 e. The molecule has 1 aliphatic rings. The van der Waals surface area contributed by atoms with Gasteiger partial charge in [0.15, 0.2) is 0 Å². The van der Waals surface area contributed by atoms with Crippen molar-refractivity contribution in [2.75, 3.05) is 44.7 Å². The lowest BCUT2D eigenvalue weighted by atomic mass is 10.1. The van der Waals surface area contributed by atoms with E-state index >= 15 is 0 Å². The van der Waals surface area contributed by atoms with Crippen molar-refractivity contribution in [1.29, 1.82) is 0 Å². The Morgan fingerprint density at radius 1 is 1.14 bits per heavy atom. The number of hydrogen-bond acceptors (Lipinski definition) is 4. The summed E-state index contributed by atoms with van der Waals surface area (Å²) in [5.41, 5.74) is 1.89. The zero-order chi connectivity index (χ0) is 20.5. The predicted octanol–water partition coefficient (Wildman–Crippen LogP) is 3.32. The first-order valence-electron chi connectivity index (χ1n) is 10.5. The van der Waals surface area contributed by atoms with E-state index in [0.29, 0.717) is 6.54 Å². The minimum absolute atomic E-state index is 0.0477. The molecule has 1 aliphatic heterocycles. The van der Waals surface area contributed by atoms with Gasteiger partial charge in [0.2, 0.25) is 0 Å². The highest BCUT2D eigenvalue weighted by atomic mass is 16.4. The Morgan fingerprint density at radius 2 is 1.86 bits per heavy atom. The van der Waals surface area contributed by atoms with Crippen LogP contribution in [0.1, 0.15) is 56.3 Å². The Balaban J connectivity index is 1.97. The molecule has 1 aromatic rings. The van der Waals surface area contributed by atoms with Gasteiger partial charge in [-0.05, 0) is 63.9 Å². The molecule has 1 heterocycles. The van der Waals surface area contributed by atoms with Gasteiger partial charge in [-0.25, -0.2) is 0 Å².